The maximum Gasteiger partial charge on any atom is 0.0546 e. The third kappa shape index (κ3) is 1.34. The van der Waals surface area contributed by atoms with E-state index in [0.29, 0.717) is 11.8 Å². The van der Waals surface area contributed by atoms with Crippen molar-refractivity contribution in [2.75, 3.05) is 0 Å². The first-order chi connectivity index (χ1) is 5.79. The number of nitrogens with zero attached hydrogens (tertiary/aromatic N) is 1. The van der Waals surface area contributed by atoms with Gasteiger partial charge in [-0.3, -0.25) is 4.98 Å². The molecule has 0 saturated heterocycles. The van der Waals surface area contributed by atoms with E-state index in [9.17, 15) is 5.11 Å². The standard InChI is InChI=1S/C10H13NO/c1-7(12)9-5-10(9)8-3-2-4-11-6-8/h2-4,6-7,9-10,12H,5H2,1H3/t7-,9-,10-/m0/s1. The normalized spacial score (nSPS) is 29.8. The third-order valence-electron chi connectivity index (χ3n) is 2.57. The van der Waals surface area contributed by atoms with Crippen LogP contribution in [-0.4, -0.2) is 16.2 Å². The summed E-state index contributed by atoms with van der Waals surface area (Å²) in [7, 11) is 0. The van der Waals surface area contributed by atoms with Crippen molar-refractivity contribution in [3.05, 3.63) is 30.1 Å². The maximum atomic E-state index is 9.30. The van der Waals surface area contributed by atoms with Crippen molar-refractivity contribution < 1.29 is 5.11 Å². The Morgan fingerprint density at radius 3 is 3.00 bits per heavy atom. The van der Waals surface area contributed by atoms with E-state index in [-0.39, 0.29) is 6.10 Å². The molecule has 0 aliphatic heterocycles. The molecule has 1 aromatic heterocycles. The maximum absolute atomic E-state index is 9.30. The summed E-state index contributed by atoms with van der Waals surface area (Å²) >= 11 is 0. The molecule has 1 aromatic rings. The van der Waals surface area contributed by atoms with Crippen LogP contribution in [0.4, 0.5) is 0 Å². The van der Waals surface area contributed by atoms with Crippen molar-refractivity contribution in [2.24, 2.45) is 5.92 Å². The van der Waals surface area contributed by atoms with Crippen LogP contribution in [0.15, 0.2) is 24.5 Å². The number of hydrogen-bond acceptors (Lipinski definition) is 2. The van der Waals surface area contributed by atoms with Crippen molar-refractivity contribution >= 4 is 0 Å². The van der Waals surface area contributed by atoms with Crippen LogP contribution < -0.4 is 0 Å². The summed E-state index contributed by atoms with van der Waals surface area (Å²) in [5, 5.41) is 9.30. The van der Waals surface area contributed by atoms with Gasteiger partial charge in [0.15, 0.2) is 0 Å². The van der Waals surface area contributed by atoms with Gasteiger partial charge in [-0.25, -0.2) is 0 Å². The fraction of sp³-hybridized carbons (Fsp3) is 0.500. The molecule has 2 heteroatoms. The average molecular weight is 163 g/mol. The Bertz CT molecular complexity index is 258. The Labute approximate surface area is 72.3 Å². The molecular formula is C10H13NO. The van der Waals surface area contributed by atoms with Gasteiger partial charge in [0.1, 0.15) is 0 Å². The van der Waals surface area contributed by atoms with Gasteiger partial charge >= 0.3 is 0 Å². The van der Waals surface area contributed by atoms with E-state index < -0.39 is 0 Å². The molecule has 1 N–H and O–H groups in total. The smallest absolute Gasteiger partial charge is 0.0546 e. The Hall–Kier alpha value is -0.890. The fourth-order valence-corrected chi connectivity index (χ4v) is 1.73. The number of aromatic nitrogens is 1. The molecule has 2 nitrogen and oxygen atoms in total. The van der Waals surface area contributed by atoms with Crippen molar-refractivity contribution in [1.29, 1.82) is 0 Å². The van der Waals surface area contributed by atoms with Gasteiger partial charge in [-0.2, -0.15) is 0 Å². The third-order valence-corrected chi connectivity index (χ3v) is 2.57. The lowest BCUT2D eigenvalue weighted by molar-refractivity contribution is 0.169. The van der Waals surface area contributed by atoms with Crippen LogP contribution in [0, 0.1) is 5.92 Å². The van der Waals surface area contributed by atoms with Crippen LogP contribution in [0.2, 0.25) is 0 Å². The van der Waals surface area contributed by atoms with Crippen LogP contribution in [0.1, 0.15) is 24.8 Å². The highest BCUT2D eigenvalue weighted by Crippen LogP contribution is 2.49. The predicted octanol–water partition coefficient (Wildman–Crippen LogP) is 1.57. The average Bonchev–Trinajstić information content (AvgIpc) is 2.84. The van der Waals surface area contributed by atoms with Crippen LogP contribution in [-0.2, 0) is 0 Å². The fourth-order valence-electron chi connectivity index (χ4n) is 1.73. The summed E-state index contributed by atoms with van der Waals surface area (Å²) in [6, 6.07) is 4.03. The molecule has 0 aromatic carbocycles. The van der Waals surface area contributed by atoms with Gasteiger partial charge in [0.25, 0.3) is 0 Å². The first-order valence-electron chi connectivity index (χ1n) is 4.37. The Morgan fingerprint density at radius 2 is 2.50 bits per heavy atom. The molecule has 1 saturated carbocycles. The highest BCUT2D eigenvalue weighted by molar-refractivity contribution is 5.22. The van der Waals surface area contributed by atoms with Crippen LogP contribution >= 0.6 is 0 Å². The first-order valence-corrected chi connectivity index (χ1v) is 4.37. The summed E-state index contributed by atoms with van der Waals surface area (Å²) in [6.45, 7) is 1.86. The van der Waals surface area contributed by atoms with Gasteiger partial charge in [-0.05, 0) is 36.8 Å². The minimum absolute atomic E-state index is 0.171. The number of hydrogen-bond donors (Lipinski definition) is 1. The van der Waals surface area contributed by atoms with Crippen molar-refractivity contribution in [2.45, 2.75) is 25.4 Å². The number of rotatable bonds is 2. The molecule has 1 fully saturated rings. The SMILES string of the molecule is C[C@H](O)[C@@H]1C[C@H]1c1cccnc1. The van der Waals surface area contributed by atoms with Gasteiger partial charge in [-0.15, -0.1) is 0 Å². The monoisotopic (exact) mass is 163 g/mol. The zero-order chi connectivity index (χ0) is 8.55. The Balaban J connectivity index is 2.06. The summed E-state index contributed by atoms with van der Waals surface area (Å²) in [5.41, 5.74) is 1.27. The van der Waals surface area contributed by atoms with Crippen molar-refractivity contribution in [3.63, 3.8) is 0 Å². The predicted molar refractivity (Wildman–Crippen MR) is 46.8 cm³/mol. The Kier molecular flexibility index (Phi) is 1.85. The molecule has 1 aliphatic carbocycles. The lowest BCUT2D eigenvalue weighted by atomic mass is 10.1. The second-order valence-electron chi connectivity index (χ2n) is 3.53. The molecule has 3 atom stereocenters. The highest BCUT2D eigenvalue weighted by atomic mass is 16.3. The van der Waals surface area contributed by atoms with E-state index in [2.05, 4.69) is 11.1 Å². The zero-order valence-electron chi connectivity index (χ0n) is 7.14. The van der Waals surface area contributed by atoms with E-state index in [1.165, 1.54) is 5.56 Å². The largest absolute Gasteiger partial charge is 0.393 e. The number of pyridine rings is 1. The summed E-state index contributed by atoms with van der Waals surface area (Å²) in [6.07, 6.45) is 4.62. The summed E-state index contributed by atoms with van der Waals surface area (Å²) in [5.74, 6) is 1.02. The molecule has 12 heavy (non-hydrogen) atoms. The molecule has 64 valence electrons. The van der Waals surface area contributed by atoms with Gasteiger partial charge in [0.2, 0.25) is 0 Å². The van der Waals surface area contributed by atoms with Gasteiger partial charge in [0, 0.05) is 12.4 Å². The highest BCUT2D eigenvalue weighted by Gasteiger charge is 2.41. The molecule has 0 spiro atoms. The molecule has 0 radical (unpaired) electrons. The molecule has 1 aliphatic rings. The van der Waals surface area contributed by atoms with Crippen molar-refractivity contribution in [1.82, 2.24) is 4.98 Å². The van der Waals surface area contributed by atoms with E-state index in [1.807, 2.05) is 19.2 Å². The molecular weight excluding hydrogens is 150 g/mol. The van der Waals surface area contributed by atoms with E-state index in [4.69, 9.17) is 0 Å². The van der Waals surface area contributed by atoms with Crippen LogP contribution in [0.5, 0.6) is 0 Å². The summed E-state index contributed by atoms with van der Waals surface area (Å²) in [4.78, 5) is 4.06. The van der Waals surface area contributed by atoms with Crippen molar-refractivity contribution in [3.8, 4) is 0 Å². The van der Waals surface area contributed by atoms with Gasteiger partial charge in [-0.1, -0.05) is 6.07 Å². The topological polar surface area (TPSA) is 33.1 Å². The molecule has 2 rings (SSSR count). The van der Waals surface area contributed by atoms with E-state index >= 15 is 0 Å². The lowest BCUT2D eigenvalue weighted by Crippen LogP contribution is -2.03. The molecule has 0 amide bonds. The minimum atomic E-state index is -0.171. The van der Waals surface area contributed by atoms with E-state index in [1.54, 1.807) is 6.20 Å². The second kappa shape index (κ2) is 2.87. The van der Waals surface area contributed by atoms with Gasteiger partial charge < -0.3 is 5.11 Å². The molecule has 1 heterocycles. The number of aliphatic hydroxyl groups is 1. The van der Waals surface area contributed by atoms with E-state index in [0.717, 1.165) is 6.42 Å². The Morgan fingerprint density at radius 1 is 1.67 bits per heavy atom. The molecule has 0 unspecified atom stereocenters. The van der Waals surface area contributed by atoms with Crippen LogP contribution in [0.25, 0.3) is 0 Å². The summed E-state index contributed by atoms with van der Waals surface area (Å²) < 4.78 is 0. The lowest BCUT2D eigenvalue weighted by Gasteiger charge is -2.01. The first kappa shape index (κ1) is 7.74. The second-order valence-corrected chi connectivity index (χ2v) is 3.53. The quantitative estimate of drug-likeness (QED) is 0.717. The number of aliphatic hydroxyl groups excluding tert-OH is 1. The zero-order valence-corrected chi connectivity index (χ0v) is 7.14. The van der Waals surface area contributed by atoms with Gasteiger partial charge in [0.05, 0.1) is 6.10 Å². The van der Waals surface area contributed by atoms with Crippen LogP contribution in [0.3, 0.4) is 0 Å². The minimum Gasteiger partial charge on any atom is -0.393 e. The molecule has 0 bridgehead atoms.